The summed E-state index contributed by atoms with van der Waals surface area (Å²) in [5.41, 5.74) is 1.29. The molecule has 3 aromatic carbocycles. The summed E-state index contributed by atoms with van der Waals surface area (Å²) in [6.45, 7) is 0.528. The van der Waals surface area contributed by atoms with E-state index >= 15 is 0 Å². The van der Waals surface area contributed by atoms with Crippen LogP contribution in [-0.4, -0.2) is 42.5 Å². The average molecular weight is 573 g/mol. The van der Waals surface area contributed by atoms with Gasteiger partial charge in [0.25, 0.3) is 11.9 Å². The van der Waals surface area contributed by atoms with E-state index in [-0.39, 0.29) is 17.4 Å². The largest absolute Gasteiger partial charge is 0.493 e. The maximum absolute atomic E-state index is 13.3. The third-order valence-electron chi connectivity index (χ3n) is 7.05. The highest BCUT2D eigenvalue weighted by atomic mass is 79.9. The third kappa shape index (κ3) is 3.73. The smallest absolute Gasteiger partial charge is 0.256 e. The second kappa shape index (κ2) is 9.38. The van der Waals surface area contributed by atoms with Gasteiger partial charge in [-0.2, -0.15) is 0 Å². The molecule has 3 atom stereocenters. The Labute approximate surface area is 221 Å². The Hall–Kier alpha value is -3.14. The lowest BCUT2D eigenvalue weighted by Crippen LogP contribution is -2.54. The van der Waals surface area contributed by atoms with Crippen molar-refractivity contribution in [1.82, 2.24) is 4.90 Å². The van der Waals surface area contributed by atoms with E-state index in [0.717, 1.165) is 5.56 Å². The van der Waals surface area contributed by atoms with Crippen molar-refractivity contribution in [3.05, 3.63) is 97.0 Å². The highest BCUT2D eigenvalue weighted by Gasteiger charge is 2.68. The molecule has 0 aromatic heterocycles. The van der Waals surface area contributed by atoms with Crippen molar-refractivity contribution in [1.29, 1.82) is 0 Å². The molecular formula is C26H23BrClN3O5. The molecule has 0 aliphatic carbocycles. The Morgan fingerprint density at radius 3 is 2.67 bits per heavy atom. The quantitative estimate of drug-likeness (QED) is 0.322. The standard InChI is InChI=1S/C26H23BrClN3O5/c1-30-13-17(24(31(33)34)26(30)18-8-4-6-10-21(18)29-25(26)32)16-11-19(27)23(22(12-16)35-2)36-14-15-7-3-5-9-20(15)28/h3-12,17,24H,13-14H2,1-2H3,(H,29,32)/t17-,24-,26-/m0/s1. The number of likely N-dealkylation sites (N-methyl/N-ethyl adjacent to an activating group) is 1. The van der Waals surface area contributed by atoms with Gasteiger partial charge in [0.2, 0.25) is 0 Å². The van der Waals surface area contributed by atoms with Crippen LogP contribution in [0.2, 0.25) is 5.02 Å². The number of hydrogen-bond acceptors (Lipinski definition) is 6. The van der Waals surface area contributed by atoms with Gasteiger partial charge in [0.1, 0.15) is 6.61 Å². The number of ether oxygens (including phenoxy) is 2. The number of likely N-dealkylation sites (tertiary alicyclic amines) is 1. The second-order valence-electron chi connectivity index (χ2n) is 8.90. The van der Waals surface area contributed by atoms with Crippen LogP contribution in [0.15, 0.2) is 65.1 Å². The number of nitrogens with one attached hydrogen (secondary N) is 1. The average Bonchev–Trinajstić information content (AvgIpc) is 3.33. The van der Waals surface area contributed by atoms with Crippen LogP contribution in [0.5, 0.6) is 11.5 Å². The van der Waals surface area contributed by atoms with Crippen molar-refractivity contribution in [3.8, 4) is 11.5 Å². The zero-order valence-corrected chi connectivity index (χ0v) is 21.9. The first-order chi connectivity index (χ1) is 17.3. The number of para-hydroxylation sites is 1. The minimum absolute atomic E-state index is 0.220. The number of nitro groups is 1. The number of carbonyl (C=O) groups excluding carboxylic acids is 1. The molecule has 0 unspecified atom stereocenters. The first-order valence-electron chi connectivity index (χ1n) is 11.3. The molecule has 1 N–H and O–H groups in total. The lowest BCUT2D eigenvalue weighted by molar-refractivity contribution is -0.534. The van der Waals surface area contributed by atoms with Crippen LogP contribution in [0.4, 0.5) is 5.69 Å². The Bertz CT molecular complexity index is 1370. The van der Waals surface area contributed by atoms with Crippen LogP contribution < -0.4 is 14.8 Å². The van der Waals surface area contributed by atoms with E-state index < -0.39 is 17.5 Å². The molecule has 1 amide bonds. The van der Waals surface area contributed by atoms with Crippen molar-refractivity contribution in [2.45, 2.75) is 24.1 Å². The van der Waals surface area contributed by atoms with Crippen LogP contribution >= 0.6 is 27.5 Å². The van der Waals surface area contributed by atoms with E-state index in [1.807, 2.05) is 18.2 Å². The molecule has 2 aliphatic heterocycles. The van der Waals surface area contributed by atoms with Gasteiger partial charge in [0.15, 0.2) is 17.0 Å². The van der Waals surface area contributed by atoms with Crippen molar-refractivity contribution >= 4 is 39.1 Å². The second-order valence-corrected chi connectivity index (χ2v) is 10.2. The number of anilines is 1. The molecule has 1 saturated heterocycles. The van der Waals surface area contributed by atoms with Gasteiger partial charge in [-0.25, -0.2) is 0 Å². The predicted molar refractivity (Wildman–Crippen MR) is 139 cm³/mol. The van der Waals surface area contributed by atoms with Crippen LogP contribution in [0.3, 0.4) is 0 Å². The number of rotatable bonds is 6. The SMILES string of the molecule is COc1cc([C@@H]2CN(C)[C@]3(C(=O)Nc4ccccc43)[C@H]2[N+](=O)[O-])cc(Br)c1OCc1ccccc1Cl. The molecule has 1 fully saturated rings. The third-order valence-corrected chi connectivity index (χ3v) is 8.01. The van der Waals surface area contributed by atoms with Gasteiger partial charge < -0.3 is 14.8 Å². The van der Waals surface area contributed by atoms with Gasteiger partial charge in [-0.1, -0.05) is 48.0 Å². The van der Waals surface area contributed by atoms with Crippen LogP contribution in [0.25, 0.3) is 0 Å². The number of fused-ring (bicyclic) bond motifs is 2. The maximum Gasteiger partial charge on any atom is 0.256 e. The number of nitrogens with zero attached hydrogens (tertiary/aromatic N) is 2. The van der Waals surface area contributed by atoms with E-state index in [9.17, 15) is 14.9 Å². The number of methoxy groups -OCH3 is 1. The summed E-state index contributed by atoms with van der Waals surface area (Å²) in [6.07, 6.45) is 0. The van der Waals surface area contributed by atoms with Gasteiger partial charge in [0.05, 0.1) is 17.5 Å². The molecule has 5 rings (SSSR count). The topological polar surface area (TPSA) is 93.9 Å². The van der Waals surface area contributed by atoms with Crippen molar-refractivity contribution in [2.75, 3.05) is 26.0 Å². The molecule has 0 bridgehead atoms. The minimum atomic E-state index is -1.41. The van der Waals surface area contributed by atoms with Crippen LogP contribution in [-0.2, 0) is 16.9 Å². The van der Waals surface area contributed by atoms with Crippen molar-refractivity contribution < 1.29 is 19.2 Å². The van der Waals surface area contributed by atoms with Crippen LogP contribution in [0.1, 0.15) is 22.6 Å². The minimum Gasteiger partial charge on any atom is -0.493 e. The van der Waals surface area contributed by atoms with Crippen molar-refractivity contribution in [3.63, 3.8) is 0 Å². The number of carbonyl (C=O) groups is 1. The summed E-state index contributed by atoms with van der Waals surface area (Å²) in [6, 6.07) is 16.9. The Morgan fingerprint density at radius 2 is 1.94 bits per heavy atom. The molecule has 8 nitrogen and oxygen atoms in total. The van der Waals surface area contributed by atoms with E-state index in [4.69, 9.17) is 21.1 Å². The Morgan fingerprint density at radius 1 is 1.22 bits per heavy atom. The summed E-state index contributed by atoms with van der Waals surface area (Å²) in [7, 11) is 3.27. The maximum atomic E-state index is 13.3. The molecule has 2 heterocycles. The Balaban J connectivity index is 1.54. The highest BCUT2D eigenvalue weighted by Crippen LogP contribution is 2.53. The van der Waals surface area contributed by atoms with Gasteiger partial charge >= 0.3 is 0 Å². The zero-order chi connectivity index (χ0) is 25.6. The number of benzene rings is 3. The molecule has 2 aliphatic rings. The first-order valence-corrected chi connectivity index (χ1v) is 12.5. The summed E-state index contributed by atoms with van der Waals surface area (Å²) in [5, 5.41) is 16.0. The van der Waals surface area contributed by atoms with Crippen molar-refractivity contribution in [2.24, 2.45) is 0 Å². The summed E-state index contributed by atoms with van der Waals surface area (Å²) in [5.74, 6) is -0.0805. The molecule has 1 spiro atoms. The molecular weight excluding hydrogens is 550 g/mol. The Kier molecular flexibility index (Phi) is 6.40. The molecule has 10 heteroatoms. The summed E-state index contributed by atoms with van der Waals surface area (Å²) in [4.78, 5) is 27.3. The molecule has 3 aromatic rings. The fourth-order valence-electron chi connectivity index (χ4n) is 5.44. The van der Waals surface area contributed by atoms with Gasteiger partial charge in [-0.15, -0.1) is 0 Å². The monoisotopic (exact) mass is 571 g/mol. The number of amides is 1. The van der Waals surface area contributed by atoms with Crippen LogP contribution in [0, 0.1) is 10.1 Å². The first kappa shape index (κ1) is 24.5. The zero-order valence-electron chi connectivity index (χ0n) is 19.5. The van der Waals surface area contributed by atoms with E-state index in [0.29, 0.717) is 44.4 Å². The van der Waals surface area contributed by atoms with E-state index in [2.05, 4.69) is 21.2 Å². The normalized spacial score (nSPS) is 22.9. The van der Waals surface area contributed by atoms with Gasteiger partial charge in [-0.05, 0) is 52.8 Å². The lowest BCUT2D eigenvalue weighted by Gasteiger charge is -2.30. The van der Waals surface area contributed by atoms with Gasteiger partial charge in [0, 0.05) is 33.3 Å². The molecule has 0 saturated carbocycles. The van der Waals surface area contributed by atoms with Gasteiger partial charge in [-0.3, -0.25) is 19.8 Å². The van der Waals surface area contributed by atoms with E-state index in [1.165, 1.54) is 7.11 Å². The fraction of sp³-hybridized carbons (Fsp3) is 0.269. The molecule has 0 radical (unpaired) electrons. The number of halogens is 2. The number of hydrogen-bond donors (Lipinski definition) is 1. The molecule has 36 heavy (non-hydrogen) atoms. The fourth-order valence-corrected chi connectivity index (χ4v) is 6.20. The molecule has 186 valence electrons. The lowest BCUT2D eigenvalue weighted by atomic mass is 9.79. The van der Waals surface area contributed by atoms with E-state index in [1.54, 1.807) is 54.4 Å². The highest BCUT2D eigenvalue weighted by molar-refractivity contribution is 9.10. The summed E-state index contributed by atoms with van der Waals surface area (Å²) < 4.78 is 12.2. The predicted octanol–water partition coefficient (Wildman–Crippen LogP) is 5.21. The summed E-state index contributed by atoms with van der Waals surface area (Å²) >= 11 is 9.82.